The molecule has 0 spiro atoms. The summed E-state index contributed by atoms with van der Waals surface area (Å²) in [5.41, 5.74) is 7.34. The molecule has 2 aromatic carbocycles. The molecule has 0 saturated heterocycles. The van der Waals surface area contributed by atoms with Crippen molar-refractivity contribution in [3.8, 4) is 0 Å². The molecule has 24 heavy (non-hydrogen) atoms. The number of aryl methyl sites for hydroxylation is 1. The Labute approximate surface area is 147 Å². The molecule has 0 amide bonds. The molecule has 0 unspecified atom stereocenters. The number of rotatable bonds is 3. The van der Waals surface area contributed by atoms with Crippen LogP contribution >= 0.6 is 0 Å². The fraction of sp³-hybridized carbons (Fsp3) is 0.391. The van der Waals surface area contributed by atoms with Gasteiger partial charge in [0, 0.05) is 11.4 Å². The lowest BCUT2D eigenvalue weighted by molar-refractivity contribution is 0.568. The molecule has 0 aliphatic heterocycles. The van der Waals surface area contributed by atoms with E-state index in [9.17, 15) is 0 Å². The maximum atomic E-state index is 4.28. The quantitative estimate of drug-likeness (QED) is 0.665. The van der Waals surface area contributed by atoms with Gasteiger partial charge in [-0.05, 0) is 58.7 Å². The molecule has 0 atom stereocenters. The molecule has 0 bridgehead atoms. The van der Waals surface area contributed by atoms with E-state index in [0.29, 0.717) is 0 Å². The van der Waals surface area contributed by atoms with Gasteiger partial charge in [-0.1, -0.05) is 71.9 Å². The first kappa shape index (κ1) is 18.3. The van der Waals surface area contributed by atoms with E-state index in [2.05, 4.69) is 103 Å². The number of benzene rings is 2. The third kappa shape index (κ3) is 4.50. The van der Waals surface area contributed by atoms with Gasteiger partial charge in [-0.15, -0.1) is 0 Å². The second-order valence-corrected chi connectivity index (χ2v) is 8.77. The van der Waals surface area contributed by atoms with Crippen molar-refractivity contribution in [2.45, 2.75) is 59.3 Å². The van der Waals surface area contributed by atoms with E-state index in [4.69, 9.17) is 0 Å². The minimum Gasteiger partial charge on any atom is -0.356 e. The first-order valence-corrected chi connectivity index (χ1v) is 8.66. The highest BCUT2D eigenvalue weighted by Gasteiger charge is 2.21. The van der Waals surface area contributed by atoms with Gasteiger partial charge in [-0.3, -0.25) is 0 Å². The predicted octanol–water partition coefficient (Wildman–Crippen LogP) is 6.67. The number of anilines is 1. The second kappa shape index (κ2) is 6.47. The van der Waals surface area contributed by atoms with Crippen LogP contribution in [0.4, 0.5) is 5.69 Å². The maximum absolute atomic E-state index is 4.28. The lowest BCUT2D eigenvalue weighted by atomic mass is 9.79. The molecule has 0 aromatic heterocycles. The van der Waals surface area contributed by atoms with Crippen molar-refractivity contribution in [2.75, 3.05) is 5.32 Å². The van der Waals surface area contributed by atoms with Crippen LogP contribution in [0.25, 0.3) is 5.70 Å². The summed E-state index contributed by atoms with van der Waals surface area (Å²) >= 11 is 0. The van der Waals surface area contributed by atoms with Gasteiger partial charge in [0.1, 0.15) is 0 Å². The zero-order valence-corrected chi connectivity index (χ0v) is 16.2. The molecule has 0 heterocycles. The van der Waals surface area contributed by atoms with E-state index in [-0.39, 0.29) is 10.8 Å². The molecule has 1 nitrogen and oxygen atoms in total. The summed E-state index contributed by atoms with van der Waals surface area (Å²) < 4.78 is 0. The van der Waals surface area contributed by atoms with E-state index in [1.807, 2.05) is 0 Å². The van der Waals surface area contributed by atoms with Gasteiger partial charge in [0.25, 0.3) is 0 Å². The molecule has 0 saturated carbocycles. The molecule has 0 aliphatic carbocycles. The van der Waals surface area contributed by atoms with Crippen LogP contribution in [0.2, 0.25) is 0 Å². The van der Waals surface area contributed by atoms with Crippen LogP contribution in [0.3, 0.4) is 0 Å². The highest BCUT2D eigenvalue weighted by molar-refractivity contribution is 5.76. The van der Waals surface area contributed by atoms with Crippen LogP contribution in [-0.4, -0.2) is 0 Å². The fourth-order valence-corrected chi connectivity index (χ4v) is 2.55. The highest BCUT2D eigenvalue weighted by atomic mass is 14.9. The maximum Gasteiger partial charge on any atom is 0.0385 e. The zero-order valence-electron chi connectivity index (χ0n) is 16.2. The standard InChI is InChI=1S/C23H31N/c1-16-9-11-21(12-10-16)24-17(2)18-13-19(22(3,4)5)15-20(14-18)23(6,7)8/h9-15,24H,2H2,1,3-8H3. The summed E-state index contributed by atoms with van der Waals surface area (Å²) in [6.07, 6.45) is 0. The smallest absolute Gasteiger partial charge is 0.0385 e. The van der Waals surface area contributed by atoms with Crippen molar-refractivity contribution in [2.24, 2.45) is 0 Å². The van der Waals surface area contributed by atoms with Crippen molar-refractivity contribution >= 4 is 11.4 Å². The fourth-order valence-electron chi connectivity index (χ4n) is 2.55. The van der Waals surface area contributed by atoms with Crippen LogP contribution in [0, 0.1) is 6.92 Å². The third-order valence-corrected chi connectivity index (χ3v) is 4.36. The van der Waals surface area contributed by atoms with Crippen LogP contribution in [0.15, 0.2) is 49.0 Å². The largest absolute Gasteiger partial charge is 0.356 e. The van der Waals surface area contributed by atoms with Gasteiger partial charge in [-0.25, -0.2) is 0 Å². The zero-order chi connectivity index (χ0) is 18.1. The van der Waals surface area contributed by atoms with Crippen LogP contribution in [-0.2, 0) is 10.8 Å². The number of hydrogen-bond acceptors (Lipinski definition) is 1. The molecule has 1 heteroatoms. The van der Waals surface area contributed by atoms with E-state index < -0.39 is 0 Å². The SMILES string of the molecule is C=C(Nc1ccc(C)cc1)c1cc(C(C)(C)C)cc(C(C)(C)C)c1. The summed E-state index contributed by atoms with van der Waals surface area (Å²) in [4.78, 5) is 0. The lowest BCUT2D eigenvalue weighted by Crippen LogP contribution is -2.17. The van der Waals surface area contributed by atoms with E-state index in [1.54, 1.807) is 0 Å². The molecule has 2 rings (SSSR count). The van der Waals surface area contributed by atoms with E-state index >= 15 is 0 Å². The van der Waals surface area contributed by atoms with Crippen LogP contribution in [0.1, 0.15) is 63.8 Å². The Morgan fingerprint density at radius 3 is 1.67 bits per heavy atom. The number of nitrogens with one attached hydrogen (secondary N) is 1. The Morgan fingerprint density at radius 2 is 1.25 bits per heavy atom. The van der Waals surface area contributed by atoms with Gasteiger partial charge in [0.15, 0.2) is 0 Å². The Bertz CT molecular complexity index is 690. The molecule has 0 radical (unpaired) electrons. The van der Waals surface area contributed by atoms with Crippen molar-refractivity contribution in [3.63, 3.8) is 0 Å². The Balaban J connectivity index is 2.40. The highest BCUT2D eigenvalue weighted by Crippen LogP contribution is 2.32. The van der Waals surface area contributed by atoms with Gasteiger partial charge < -0.3 is 5.32 Å². The molecule has 2 aromatic rings. The molecular formula is C23H31N. The van der Waals surface area contributed by atoms with Crippen molar-refractivity contribution in [1.82, 2.24) is 0 Å². The van der Waals surface area contributed by atoms with Gasteiger partial charge in [0.2, 0.25) is 0 Å². The number of hydrogen-bond donors (Lipinski definition) is 1. The van der Waals surface area contributed by atoms with Crippen molar-refractivity contribution in [1.29, 1.82) is 0 Å². The molecular weight excluding hydrogens is 290 g/mol. The lowest BCUT2D eigenvalue weighted by Gasteiger charge is -2.26. The third-order valence-electron chi connectivity index (χ3n) is 4.36. The first-order valence-electron chi connectivity index (χ1n) is 8.66. The van der Waals surface area contributed by atoms with E-state index in [1.165, 1.54) is 16.7 Å². The monoisotopic (exact) mass is 321 g/mol. The minimum atomic E-state index is 0.111. The molecule has 0 fully saturated rings. The Morgan fingerprint density at radius 1 is 0.792 bits per heavy atom. The molecule has 0 aliphatic rings. The average Bonchev–Trinajstić information content (AvgIpc) is 2.47. The van der Waals surface area contributed by atoms with Crippen molar-refractivity contribution < 1.29 is 0 Å². The van der Waals surface area contributed by atoms with E-state index in [0.717, 1.165) is 16.9 Å². The normalized spacial score (nSPS) is 12.1. The van der Waals surface area contributed by atoms with Crippen LogP contribution < -0.4 is 5.32 Å². The Kier molecular flexibility index (Phi) is 4.94. The van der Waals surface area contributed by atoms with Gasteiger partial charge in [0.05, 0.1) is 0 Å². The van der Waals surface area contributed by atoms with Gasteiger partial charge >= 0.3 is 0 Å². The Hall–Kier alpha value is -2.02. The molecule has 1 N–H and O–H groups in total. The summed E-state index contributed by atoms with van der Waals surface area (Å²) in [7, 11) is 0. The first-order chi connectivity index (χ1) is 11.0. The average molecular weight is 322 g/mol. The summed E-state index contributed by atoms with van der Waals surface area (Å²) in [5.74, 6) is 0. The summed E-state index contributed by atoms with van der Waals surface area (Å²) in [6.45, 7) is 19.9. The summed E-state index contributed by atoms with van der Waals surface area (Å²) in [6, 6.07) is 15.3. The van der Waals surface area contributed by atoms with Crippen molar-refractivity contribution in [3.05, 3.63) is 71.3 Å². The van der Waals surface area contributed by atoms with Crippen LogP contribution in [0.5, 0.6) is 0 Å². The predicted molar refractivity (Wildman–Crippen MR) is 108 cm³/mol. The van der Waals surface area contributed by atoms with Gasteiger partial charge in [-0.2, -0.15) is 0 Å². The molecule has 128 valence electrons. The summed E-state index contributed by atoms with van der Waals surface area (Å²) in [5, 5.41) is 3.45. The topological polar surface area (TPSA) is 12.0 Å². The minimum absolute atomic E-state index is 0.111. The second-order valence-electron chi connectivity index (χ2n) is 8.77.